The molecule has 0 bridgehead atoms. The summed E-state index contributed by atoms with van der Waals surface area (Å²) in [5, 5.41) is 3.07. The first-order chi connectivity index (χ1) is 8.86. The molecule has 0 fully saturated rings. The number of hydrogen-bond acceptors (Lipinski definition) is 2. The Kier molecular flexibility index (Phi) is 3.36. The van der Waals surface area contributed by atoms with E-state index in [0.29, 0.717) is 5.69 Å². The van der Waals surface area contributed by atoms with Crippen LogP contribution < -0.4 is 5.32 Å². The van der Waals surface area contributed by atoms with Gasteiger partial charge in [-0.3, -0.25) is 0 Å². The van der Waals surface area contributed by atoms with Crippen molar-refractivity contribution >= 4 is 0 Å². The zero-order chi connectivity index (χ0) is 14.2. The van der Waals surface area contributed by atoms with Crippen molar-refractivity contribution < 1.29 is 13.2 Å². The lowest BCUT2D eigenvalue weighted by Gasteiger charge is -2.25. The van der Waals surface area contributed by atoms with Crippen LogP contribution in [-0.2, 0) is 5.54 Å². The molecular formula is C13H14F3N3. The molecule has 0 aliphatic rings. The van der Waals surface area contributed by atoms with E-state index in [-0.39, 0.29) is 5.69 Å². The summed E-state index contributed by atoms with van der Waals surface area (Å²) in [6.07, 6.45) is 3.02. The lowest BCUT2D eigenvalue weighted by atomic mass is 10.0. The smallest absolute Gasteiger partial charge is 0.194 e. The molecule has 0 aliphatic heterocycles. The first-order valence-electron chi connectivity index (χ1n) is 5.73. The van der Waals surface area contributed by atoms with E-state index in [0.717, 1.165) is 12.1 Å². The van der Waals surface area contributed by atoms with Crippen LogP contribution >= 0.6 is 0 Å². The van der Waals surface area contributed by atoms with Crippen LogP contribution in [0.25, 0.3) is 5.69 Å². The summed E-state index contributed by atoms with van der Waals surface area (Å²) in [5.74, 6) is -3.92. The van der Waals surface area contributed by atoms with Crippen molar-refractivity contribution in [2.75, 3.05) is 7.05 Å². The van der Waals surface area contributed by atoms with E-state index in [2.05, 4.69) is 10.3 Å². The van der Waals surface area contributed by atoms with Gasteiger partial charge in [0.1, 0.15) is 0 Å². The molecule has 0 saturated heterocycles. The van der Waals surface area contributed by atoms with Gasteiger partial charge in [-0.2, -0.15) is 0 Å². The SMILES string of the molecule is CNC(C)(C)c1cncn1-c1cc(F)c(F)c(F)c1. The van der Waals surface area contributed by atoms with Crippen molar-refractivity contribution in [3.8, 4) is 5.69 Å². The van der Waals surface area contributed by atoms with E-state index in [9.17, 15) is 13.2 Å². The summed E-state index contributed by atoms with van der Waals surface area (Å²) in [6, 6.07) is 1.88. The number of rotatable bonds is 3. The average molecular weight is 269 g/mol. The molecule has 0 unspecified atom stereocenters. The molecule has 0 amide bonds. The minimum absolute atomic E-state index is 0.187. The summed E-state index contributed by atoms with van der Waals surface area (Å²) in [5.41, 5.74) is 0.449. The third-order valence-corrected chi connectivity index (χ3v) is 3.15. The predicted molar refractivity (Wildman–Crippen MR) is 65.5 cm³/mol. The summed E-state index contributed by atoms with van der Waals surface area (Å²) in [7, 11) is 1.77. The van der Waals surface area contributed by atoms with Gasteiger partial charge in [0.25, 0.3) is 0 Å². The Morgan fingerprint density at radius 3 is 2.26 bits per heavy atom. The van der Waals surface area contributed by atoms with Crippen LogP contribution in [-0.4, -0.2) is 16.6 Å². The standard InChI is InChI=1S/C13H14F3N3/c1-13(2,17-3)11-6-18-7-19(11)8-4-9(14)12(16)10(15)5-8/h4-7,17H,1-3H3. The molecule has 0 aliphatic carbocycles. The monoisotopic (exact) mass is 269 g/mol. The van der Waals surface area contributed by atoms with Crippen LogP contribution in [0.3, 0.4) is 0 Å². The quantitative estimate of drug-likeness (QED) is 0.868. The van der Waals surface area contributed by atoms with Gasteiger partial charge >= 0.3 is 0 Å². The number of nitrogens with zero attached hydrogens (tertiary/aromatic N) is 2. The molecule has 0 atom stereocenters. The summed E-state index contributed by atoms with van der Waals surface area (Å²) in [4.78, 5) is 3.98. The van der Waals surface area contributed by atoms with E-state index < -0.39 is 23.0 Å². The molecule has 6 heteroatoms. The summed E-state index contributed by atoms with van der Waals surface area (Å²) < 4.78 is 41.0. The first kappa shape index (κ1) is 13.6. The van der Waals surface area contributed by atoms with Crippen LogP contribution in [0.4, 0.5) is 13.2 Å². The van der Waals surface area contributed by atoms with Crippen molar-refractivity contribution in [2.24, 2.45) is 0 Å². The van der Waals surface area contributed by atoms with Crippen molar-refractivity contribution in [2.45, 2.75) is 19.4 Å². The molecule has 0 radical (unpaired) electrons. The third kappa shape index (κ3) is 2.35. The van der Waals surface area contributed by atoms with Gasteiger partial charge in [-0.15, -0.1) is 0 Å². The lowest BCUT2D eigenvalue weighted by Crippen LogP contribution is -2.35. The highest BCUT2D eigenvalue weighted by Gasteiger charge is 2.23. The Morgan fingerprint density at radius 1 is 1.16 bits per heavy atom. The van der Waals surface area contributed by atoms with E-state index >= 15 is 0 Å². The number of hydrogen-bond donors (Lipinski definition) is 1. The fourth-order valence-corrected chi connectivity index (χ4v) is 1.77. The van der Waals surface area contributed by atoms with Gasteiger partial charge in [0, 0.05) is 12.1 Å². The molecule has 1 heterocycles. The maximum Gasteiger partial charge on any atom is 0.194 e. The number of nitrogens with one attached hydrogen (secondary N) is 1. The molecule has 3 nitrogen and oxygen atoms in total. The molecule has 0 spiro atoms. The van der Waals surface area contributed by atoms with E-state index in [1.54, 1.807) is 13.2 Å². The molecule has 19 heavy (non-hydrogen) atoms. The maximum absolute atomic E-state index is 13.3. The largest absolute Gasteiger partial charge is 0.310 e. The van der Waals surface area contributed by atoms with Crippen LogP contribution in [0.15, 0.2) is 24.7 Å². The highest BCUT2D eigenvalue weighted by molar-refractivity contribution is 5.36. The van der Waals surface area contributed by atoms with E-state index in [1.807, 2.05) is 13.8 Å². The topological polar surface area (TPSA) is 29.9 Å². The Balaban J connectivity index is 2.58. The zero-order valence-electron chi connectivity index (χ0n) is 10.8. The minimum Gasteiger partial charge on any atom is -0.310 e. The predicted octanol–water partition coefficient (Wildman–Crippen LogP) is 2.74. The molecular weight excluding hydrogens is 255 g/mol. The summed E-state index contributed by atoms with van der Waals surface area (Å²) in [6.45, 7) is 3.80. The van der Waals surface area contributed by atoms with Crippen LogP contribution in [0, 0.1) is 17.5 Å². The van der Waals surface area contributed by atoms with Gasteiger partial charge in [-0.25, -0.2) is 18.2 Å². The number of halogens is 3. The van der Waals surface area contributed by atoms with Gasteiger partial charge in [0.05, 0.1) is 29.4 Å². The van der Waals surface area contributed by atoms with E-state index in [1.165, 1.54) is 10.9 Å². The fourth-order valence-electron chi connectivity index (χ4n) is 1.77. The highest BCUT2D eigenvalue weighted by atomic mass is 19.2. The average Bonchev–Trinajstić information content (AvgIpc) is 2.85. The second-order valence-electron chi connectivity index (χ2n) is 4.75. The maximum atomic E-state index is 13.3. The molecule has 2 aromatic rings. The molecule has 1 aromatic carbocycles. The molecule has 102 valence electrons. The van der Waals surface area contributed by atoms with Gasteiger partial charge in [-0.1, -0.05) is 0 Å². The first-order valence-corrected chi connectivity index (χ1v) is 5.73. The number of benzene rings is 1. The molecule has 2 rings (SSSR count). The van der Waals surface area contributed by atoms with Crippen molar-refractivity contribution in [1.29, 1.82) is 0 Å². The van der Waals surface area contributed by atoms with Crippen molar-refractivity contribution in [3.05, 3.63) is 47.8 Å². The zero-order valence-corrected chi connectivity index (χ0v) is 10.8. The van der Waals surface area contributed by atoms with Gasteiger partial charge in [-0.05, 0) is 20.9 Å². The molecule has 0 saturated carbocycles. The Bertz CT molecular complexity index is 582. The fraction of sp³-hybridized carbons (Fsp3) is 0.308. The third-order valence-electron chi connectivity index (χ3n) is 3.15. The van der Waals surface area contributed by atoms with Gasteiger partial charge in [0.15, 0.2) is 17.5 Å². The highest BCUT2D eigenvalue weighted by Crippen LogP contribution is 2.24. The molecule has 1 N–H and O–H groups in total. The minimum atomic E-state index is -1.47. The Labute approximate surface area is 109 Å². The van der Waals surface area contributed by atoms with Crippen LogP contribution in [0.1, 0.15) is 19.5 Å². The Morgan fingerprint density at radius 2 is 1.74 bits per heavy atom. The molecule has 1 aromatic heterocycles. The van der Waals surface area contributed by atoms with Gasteiger partial charge in [0.2, 0.25) is 0 Å². The van der Waals surface area contributed by atoms with Crippen LogP contribution in [0.2, 0.25) is 0 Å². The van der Waals surface area contributed by atoms with Crippen molar-refractivity contribution in [1.82, 2.24) is 14.9 Å². The normalized spacial score (nSPS) is 11.9. The number of imidazole rings is 1. The lowest BCUT2D eigenvalue weighted by molar-refractivity contribution is 0.422. The second kappa shape index (κ2) is 4.70. The van der Waals surface area contributed by atoms with Crippen LogP contribution in [0.5, 0.6) is 0 Å². The second-order valence-corrected chi connectivity index (χ2v) is 4.75. The Hall–Kier alpha value is -1.82. The summed E-state index contributed by atoms with van der Waals surface area (Å²) >= 11 is 0. The van der Waals surface area contributed by atoms with Crippen molar-refractivity contribution in [3.63, 3.8) is 0 Å². The van der Waals surface area contributed by atoms with E-state index in [4.69, 9.17) is 0 Å². The number of aromatic nitrogens is 2. The van der Waals surface area contributed by atoms with Gasteiger partial charge < -0.3 is 9.88 Å².